The first kappa shape index (κ1) is 26.7. The van der Waals surface area contributed by atoms with Gasteiger partial charge in [-0.25, -0.2) is 0 Å². The molecule has 1 heteroatoms. The Morgan fingerprint density at radius 1 is 0.267 bits per heavy atom. The molecule has 0 saturated carbocycles. The average molecular weight is 574 g/mol. The summed E-state index contributed by atoms with van der Waals surface area (Å²) in [4.78, 5) is 2.34. The largest absolute Gasteiger partial charge is 0.310 e. The van der Waals surface area contributed by atoms with E-state index in [0.29, 0.717) is 0 Å². The highest BCUT2D eigenvalue weighted by atomic mass is 15.1. The van der Waals surface area contributed by atoms with Gasteiger partial charge in [0.2, 0.25) is 0 Å². The standard InChI is InChI=1S/C44H31N/c1-3-13-32(14-4-1)34-16-11-17-35(29-34)33-25-27-39(28-26-33)45(38-19-5-2-6-20-38)40-21-12-18-36(30-40)44-31-37-15-7-8-22-41(37)42-23-9-10-24-43(42)44/h1-31H. The SMILES string of the molecule is c1ccc(-c2cccc(-c3ccc(N(c4ccccc4)c4cccc(-c5cc6ccccc6c6ccccc56)c4)cc3)c2)cc1. The molecule has 0 radical (unpaired) electrons. The van der Waals surface area contributed by atoms with Gasteiger partial charge in [0.05, 0.1) is 0 Å². The lowest BCUT2D eigenvalue weighted by Gasteiger charge is -2.26. The Hall–Kier alpha value is -5.92. The van der Waals surface area contributed by atoms with Gasteiger partial charge in [0.1, 0.15) is 0 Å². The summed E-state index contributed by atoms with van der Waals surface area (Å²) in [5.74, 6) is 0. The second-order valence-corrected chi connectivity index (χ2v) is 11.4. The van der Waals surface area contributed by atoms with E-state index < -0.39 is 0 Å². The van der Waals surface area contributed by atoms with E-state index in [1.54, 1.807) is 0 Å². The van der Waals surface area contributed by atoms with E-state index in [9.17, 15) is 0 Å². The monoisotopic (exact) mass is 573 g/mol. The van der Waals surface area contributed by atoms with Gasteiger partial charge in [-0.05, 0) is 103 Å². The molecule has 0 atom stereocenters. The van der Waals surface area contributed by atoms with Crippen LogP contribution >= 0.6 is 0 Å². The lowest BCUT2D eigenvalue weighted by Crippen LogP contribution is -2.09. The molecule has 0 unspecified atom stereocenters. The molecular formula is C44H31N. The van der Waals surface area contributed by atoms with Crippen molar-refractivity contribution in [2.75, 3.05) is 4.90 Å². The molecule has 1 nitrogen and oxygen atoms in total. The average Bonchev–Trinajstić information content (AvgIpc) is 3.13. The number of fused-ring (bicyclic) bond motifs is 3. The summed E-state index contributed by atoms with van der Waals surface area (Å²) in [7, 11) is 0. The van der Waals surface area contributed by atoms with E-state index in [1.165, 1.54) is 54.9 Å². The third-order valence-corrected chi connectivity index (χ3v) is 8.63. The van der Waals surface area contributed by atoms with Crippen LogP contribution < -0.4 is 4.90 Å². The van der Waals surface area contributed by atoms with E-state index in [1.807, 2.05) is 0 Å². The summed E-state index contributed by atoms with van der Waals surface area (Å²) in [5.41, 5.74) is 10.7. The molecule has 0 aliphatic heterocycles. The number of para-hydroxylation sites is 1. The van der Waals surface area contributed by atoms with E-state index in [-0.39, 0.29) is 0 Å². The summed E-state index contributed by atoms with van der Waals surface area (Å²) in [6, 6.07) is 67.6. The summed E-state index contributed by atoms with van der Waals surface area (Å²) in [5, 5.41) is 5.08. The van der Waals surface area contributed by atoms with Crippen molar-refractivity contribution in [3.05, 3.63) is 188 Å². The Morgan fingerprint density at radius 2 is 0.778 bits per heavy atom. The van der Waals surface area contributed by atoms with Crippen LogP contribution in [0.25, 0.3) is 54.9 Å². The fraction of sp³-hybridized carbons (Fsp3) is 0. The minimum absolute atomic E-state index is 1.12. The van der Waals surface area contributed by atoms with Crippen molar-refractivity contribution in [1.82, 2.24) is 0 Å². The first-order chi connectivity index (χ1) is 22.3. The molecular weight excluding hydrogens is 542 g/mol. The zero-order valence-corrected chi connectivity index (χ0v) is 24.8. The van der Waals surface area contributed by atoms with Crippen LogP contribution in [0.5, 0.6) is 0 Å². The van der Waals surface area contributed by atoms with Gasteiger partial charge in [-0.3, -0.25) is 0 Å². The number of benzene rings is 8. The molecule has 0 N–H and O–H groups in total. The van der Waals surface area contributed by atoms with Gasteiger partial charge in [0.15, 0.2) is 0 Å². The molecule has 45 heavy (non-hydrogen) atoms. The second-order valence-electron chi connectivity index (χ2n) is 11.4. The van der Waals surface area contributed by atoms with E-state index in [0.717, 1.165) is 17.1 Å². The Kier molecular flexibility index (Phi) is 6.90. The Morgan fingerprint density at radius 3 is 1.53 bits per heavy atom. The molecule has 0 fully saturated rings. The minimum Gasteiger partial charge on any atom is -0.310 e. The van der Waals surface area contributed by atoms with Crippen LogP contribution in [0.2, 0.25) is 0 Å². The van der Waals surface area contributed by atoms with Crippen molar-refractivity contribution < 1.29 is 0 Å². The maximum atomic E-state index is 2.34. The van der Waals surface area contributed by atoms with E-state index in [2.05, 4.69) is 193 Å². The first-order valence-electron chi connectivity index (χ1n) is 15.4. The molecule has 0 bridgehead atoms. The number of nitrogens with zero attached hydrogens (tertiary/aromatic N) is 1. The predicted octanol–water partition coefficient (Wildman–Crippen LogP) is 12.5. The van der Waals surface area contributed by atoms with Crippen LogP contribution in [0.15, 0.2) is 188 Å². The van der Waals surface area contributed by atoms with Crippen LogP contribution in [0, 0.1) is 0 Å². The molecule has 8 rings (SSSR count). The summed E-state index contributed by atoms with van der Waals surface area (Å²) >= 11 is 0. The third-order valence-electron chi connectivity index (χ3n) is 8.63. The molecule has 8 aromatic rings. The normalized spacial score (nSPS) is 11.1. The highest BCUT2D eigenvalue weighted by Crippen LogP contribution is 2.40. The third kappa shape index (κ3) is 5.15. The van der Waals surface area contributed by atoms with Crippen molar-refractivity contribution in [2.45, 2.75) is 0 Å². The van der Waals surface area contributed by atoms with Crippen LogP contribution in [0.3, 0.4) is 0 Å². The number of anilines is 3. The van der Waals surface area contributed by atoms with Crippen molar-refractivity contribution in [1.29, 1.82) is 0 Å². The van der Waals surface area contributed by atoms with E-state index in [4.69, 9.17) is 0 Å². The van der Waals surface area contributed by atoms with Crippen molar-refractivity contribution >= 4 is 38.6 Å². The fourth-order valence-electron chi connectivity index (χ4n) is 6.44. The maximum absolute atomic E-state index is 2.34. The maximum Gasteiger partial charge on any atom is 0.0467 e. The first-order valence-corrected chi connectivity index (χ1v) is 15.4. The lowest BCUT2D eigenvalue weighted by atomic mass is 9.93. The fourth-order valence-corrected chi connectivity index (χ4v) is 6.44. The molecule has 0 aromatic heterocycles. The minimum atomic E-state index is 1.12. The topological polar surface area (TPSA) is 3.24 Å². The zero-order chi connectivity index (χ0) is 30.0. The van der Waals surface area contributed by atoms with Crippen molar-refractivity contribution in [2.24, 2.45) is 0 Å². The van der Waals surface area contributed by atoms with Gasteiger partial charge in [-0.1, -0.05) is 140 Å². The predicted molar refractivity (Wildman–Crippen MR) is 192 cm³/mol. The summed E-state index contributed by atoms with van der Waals surface area (Å²) in [6.45, 7) is 0. The van der Waals surface area contributed by atoms with Gasteiger partial charge in [-0.2, -0.15) is 0 Å². The highest BCUT2D eigenvalue weighted by Gasteiger charge is 2.15. The molecule has 0 saturated heterocycles. The van der Waals surface area contributed by atoms with Crippen molar-refractivity contribution in [3.63, 3.8) is 0 Å². The molecule has 0 spiro atoms. The molecule has 0 aliphatic carbocycles. The molecule has 0 amide bonds. The number of hydrogen-bond donors (Lipinski definition) is 0. The quantitative estimate of drug-likeness (QED) is 0.179. The van der Waals surface area contributed by atoms with Crippen LogP contribution in [-0.2, 0) is 0 Å². The zero-order valence-electron chi connectivity index (χ0n) is 24.8. The Balaban J connectivity index is 1.21. The molecule has 212 valence electrons. The van der Waals surface area contributed by atoms with Gasteiger partial charge < -0.3 is 4.90 Å². The Bertz CT molecular complexity index is 2250. The van der Waals surface area contributed by atoms with Crippen LogP contribution in [-0.4, -0.2) is 0 Å². The Labute approximate surface area is 264 Å². The summed E-state index contributed by atoms with van der Waals surface area (Å²) in [6.07, 6.45) is 0. The van der Waals surface area contributed by atoms with Gasteiger partial charge in [0, 0.05) is 17.1 Å². The van der Waals surface area contributed by atoms with Crippen LogP contribution in [0.1, 0.15) is 0 Å². The smallest absolute Gasteiger partial charge is 0.0467 e. The molecule has 0 aliphatic rings. The van der Waals surface area contributed by atoms with Gasteiger partial charge in [-0.15, -0.1) is 0 Å². The molecule has 8 aromatic carbocycles. The van der Waals surface area contributed by atoms with Gasteiger partial charge in [0.25, 0.3) is 0 Å². The van der Waals surface area contributed by atoms with Gasteiger partial charge >= 0.3 is 0 Å². The molecule has 0 heterocycles. The number of rotatable bonds is 6. The van der Waals surface area contributed by atoms with Crippen molar-refractivity contribution in [3.8, 4) is 33.4 Å². The summed E-state index contributed by atoms with van der Waals surface area (Å²) < 4.78 is 0. The van der Waals surface area contributed by atoms with Crippen LogP contribution in [0.4, 0.5) is 17.1 Å². The van der Waals surface area contributed by atoms with E-state index >= 15 is 0 Å². The second kappa shape index (κ2) is 11.6. The highest BCUT2D eigenvalue weighted by molar-refractivity contribution is 6.13. The lowest BCUT2D eigenvalue weighted by molar-refractivity contribution is 1.28. The number of hydrogen-bond acceptors (Lipinski definition) is 1.